The first-order valence-electron chi connectivity index (χ1n) is 5.70. The normalized spacial score (nSPS) is 10.2. The summed E-state index contributed by atoms with van der Waals surface area (Å²) in [4.78, 5) is 4.23. The lowest BCUT2D eigenvalue weighted by Crippen LogP contribution is -1.98. The van der Waals surface area contributed by atoms with Crippen molar-refractivity contribution >= 4 is 17.4 Å². The smallest absolute Gasteiger partial charge is 0.125 e. The molecule has 0 aliphatic rings. The highest BCUT2D eigenvalue weighted by Crippen LogP contribution is 2.21. The molecule has 0 aliphatic heterocycles. The van der Waals surface area contributed by atoms with E-state index >= 15 is 0 Å². The maximum Gasteiger partial charge on any atom is 0.125 e. The van der Waals surface area contributed by atoms with E-state index in [9.17, 15) is 0 Å². The molecule has 0 spiro atoms. The standard InChI is InChI=1S/C14H15ClN2O/c1-10-7-12(4-5-13(10)15)18-9-11-3-6-14(16-2)17-8-11/h3-8H,9H2,1-2H3,(H,16,17). The molecule has 1 aromatic heterocycles. The van der Waals surface area contributed by atoms with Crippen molar-refractivity contribution < 1.29 is 4.74 Å². The van der Waals surface area contributed by atoms with Crippen LogP contribution >= 0.6 is 11.6 Å². The van der Waals surface area contributed by atoms with E-state index < -0.39 is 0 Å². The Balaban J connectivity index is 1.99. The summed E-state index contributed by atoms with van der Waals surface area (Å²) >= 11 is 5.96. The van der Waals surface area contributed by atoms with E-state index in [2.05, 4.69) is 10.3 Å². The Bertz CT molecular complexity index is 526. The third-order valence-electron chi connectivity index (χ3n) is 2.62. The first-order chi connectivity index (χ1) is 8.69. The summed E-state index contributed by atoms with van der Waals surface area (Å²) in [7, 11) is 1.84. The van der Waals surface area contributed by atoms with Gasteiger partial charge in [0.15, 0.2) is 0 Å². The zero-order chi connectivity index (χ0) is 13.0. The number of nitrogens with zero attached hydrogens (tertiary/aromatic N) is 1. The molecular weight excluding hydrogens is 248 g/mol. The van der Waals surface area contributed by atoms with Crippen molar-refractivity contribution in [1.29, 1.82) is 0 Å². The molecule has 0 fully saturated rings. The number of aryl methyl sites for hydroxylation is 1. The maximum absolute atomic E-state index is 5.96. The van der Waals surface area contributed by atoms with Crippen molar-refractivity contribution in [2.24, 2.45) is 0 Å². The van der Waals surface area contributed by atoms with Crippen LogP contribution in [0.15, 0.2) is 36.5 Å². The highest BCUT2D eigenvalue weighted by Gasteiger charge is 2.00. The second-order valence-electron chi connectivity index (χ2n) is 4.00. The number of rotatable bonds is 4. The molecule has 1 heterocycles. The van der Waals surface area contributed by atoms with Crippen LogP contribution < -0.4 is 10.1 Å². The molecule has 0 unspecified atom stereocenters. The van der Waals surface area contributed by atoms with Gasteiger partial charge in [-0.1, -0.05) is 17.7 Å². The highest BCUT2D eigenvalue weighted by atomic mass is 35.5. The zero-order valence-corrected chi connectivity index (χ0v) is 11.2. The Kier molecular flexibility index (Phi) is 4.05. The molecule has 2 rings (SSSR count). The van der Waals surface area contributed by atoms with Gasteiger partial charge in [-0.3, -0.25) is 0 Å². The third kappa shape index (κ3) is 3.14. The molecule has 0 aliphatic carbocycles. The average molecular weight is 263 g/mol. The maximum atomic E-state index is 5.96. The summed E-state index contributed by atoms with van der Waals surface area (Å²) in [5.74, 6) is 1.66. The van der Waals surface area contributed by atoms with Gasteiger partial charge in [0.1, 0.15) is 18.2 Å². The van der Waals surface area contributed by atoms with Gasteiger partial charge < -0.3 is 10.1 Å². The Hall–Kier alpha value is -1.74. The van der Waals surface area contributed by atoms with Crippen LogP contribution in [0.2, 0.25) is 5.02 Å². The number of ether oxygens (including phenoxy) is 1. The van der Waals surface area contributed by atoms with Crippen molar-refractivity contribution in [2.75, 3.05) is 12.4 Å². The number of anilines is 1. The molecule has 2 aromatic rings. The molecular formula is C14H15ClN2O. The van der Waals surface area contributed by atoms with Crippen LogP contribution in [-0.4, -0.2) is 12.0 Å². The summed E-state index contributed by atoms with van der Waals surface area (Å²) in [6.07, 6.45) is 1.80. The monoisotopic (exact) mass is 262 g/mol. The first kappa shape index (κ1) is 12.7. The van der Waals surface area contributed by atoms with E-state index in [4.69, 9.17) is 16.3 Å². The Labute approximate surface area is 112 Å². The predicted molar refractivity (Wildman–Crippen MR) is 74.3 cm³/mol. The minimum absolute atomic E-state index is 0.498. The van der Waals surface area contributed by atoms with Gasteiger partial charge in [0.25, 0.3) is 0 Å². The van der Waals surface area contributed by atoms with Crippen LogP contribution in [0.3, 0.4) is 0 Å². The van der Waals surface area contributed by atoms with Gasteiger partial charge in [-0.05, 0) is 36.8 Å². The Morgan fingerprint density at radius 3 is 2.72 bits per heavy atom. The fourth-order valence-corrected chi connectivity index (χ4v) is 1.65. The summed E-state index contributed by atoms with van der Waals surface area (Å²) < 4.78 is 5.68. The van der Waals surface area contributed by atoms with E-state index in [0.29, 0.717) is 6.61 Å². The van der Waals surface area contributed by atoms with Crippen molar-refractivity contribution in [3.8, 4) is 5.75 Å². The van der Waals surface area contributed by atoms with E-state index in [0.717, 1.165) is 27.7 Å². The molecule has 18 heavy (non-hydrogen) atoms. The number of hydrogen-bond donors (Lipinski definition) is 1. The molecule has 1 aromatic carbocycles. The van der Waals surface area contributed by atoms with Gasteiger partial charge in [0.2, 0.25) is 0 Å². The van der Waals surface area contributed by atoms with E-state index in [1.165, 1.54) is 0 Å². The molecule has 94 valence electrons. The quantitative estimate of drug-likeness (QED) is 0.913. The molecule has 0 saturated carbocycles. The van der Waals surface area contributed by atoms with Gasteiger partial charge in [0, 0.05) is 23.8 Å². The molecule has 0 atom stereocenters. The van der Waals surface area contributed by atoms with Gasteiger partial charge in [-0.2, -0.15) is 0 Å². The number of halogens is 1. The van der Waals surface area contributed by atoms with Crippen molar-refractivity contribution in [3.63, 3.8) is 0 Å². The number of benzene rings is 1. The molecule has 4 heteroatoms. The fraction of sp³-hybridized carbons (Fsp3) is 0.214. The molecule has 0 bridgehead atoms. The lowest BCUT2D eigenvalue weighted by Gasteiger charge is -2.08. The number of aromatic nitrogens is 1. The topological polar surface area (TPSA) is 34.1 Å². The third-order valence-corrected chi connectivity index (χ3v) is 3.04. The molecule has 1 N–H and O–H groups in total. The summed E-state index contributed by atoms with van der Waals surface area (Å²) in [5.41, 5.74) is 2.04. The Morgan fingerprint density at radius 1 is 1.28 bits per heavy atom. The largest absolute Gasteiger partial charge is 0.489 e. The molecule has 0 radical (unpaired) electrons. The van der Waals surface area contributed by atoms with Crippen molar-refractivity contribution in [1.82, 2.24) is 4.98 Å². The second-order valence-corrected chi connectivity index (χ2v) is 4.41. The van der Waals surface area contributed by atoms with Crippen LogP contribution in [0.4, 0.5) is 5.82 Å². The molecule has 3 nitrogen and oxygen atoms in total. The van der Waals surface area contributed by atoms with E-state index in [-0.39, 0.29) is 0 Å². The van der Waals surface area contributed by atoms with Crippen LogP contribution in [-0.2, 0) is 6.61 Å². The average Bonchev–Trinajstić information content (AvgIpc) is 2.41. The lowest BCUT2D eigenvalue weighted by molar-refractivity contribution is 0.305. The van der Waals surface area contributed by atoms with Gasteiger partial charge in [-0.25, -0.2) is 4.98 Å². The van der Waals surface area contributed by atoms with Crippen LogP contribution in [0.1, 0.15) is 11.1 Å². The summed E-state index contributed by atoms with van der Waals surface area (Å²) in [5, 5.41) is 3.73. The van der Waals surface area contributed by atoms with Gasteiger partial charge >= 0.3 is 0 Å². The van der Waals surface area contributed by atoms with Crippen molar-refractivity contribution in [2.45, 2.75) is 13.5 Å². The lowest BCUT2D eigenvalue weighted by atomic mass is 10.2. The van der Waals surface area contributed by atoms with E-state index in [1.54, 1.807) is 6.20 Å². The number of hydrogen-bond acceptors (Lipinski definition) is 3. The fourth-order valence-electron chi connectivity index (χ4n) is 1.53. The predicted octanol–water partition coefficient (Wildman–Crippen LogP) is 3.66. The highest BCUT2D eigenvalue weighted by molar-refractivity contribution is 6.31. The van der Waals surface area contributed by atoms with Crippen LogP contribution in [0.25, 0.3) is 0 Å². The molecule has 0 amide bonds. The second kappa shape index (κ2) is 5.74. The summed E-state index contributed by atoms with van der Waals surface area (Å²) in [6.45, 7) is 2.45. The minimum Gasteiger partial charge on any atom is -0.489 e. The van der Waals surface area contributed by atoms with Gasteiger partial charge in [-0.15, -0.1) is 0 Å². The van der Waals surface area contributed by atoms with Crippen molar-refractivity contribution in [3.05, 3.63) is 52.7 Å². The first-order valence-corrected chi connectivity index (χ1v) is 6.08. The van der Waals surface area contributed by atoms with E-state index in [1.807, 2.05) is 44.3 Å². The minimum atomic E-state index is 0.498. The SMILES string of the molecule is CNc1ccc(COc2ccc(Cl)c(C)c2)cn1. The van der Waals surface area contributed by atoms with Gasteiger partial charge in [0.05, 0.1) is 0 Å². The number of nitrogens with one attached hydrogen (secondary N) is 1. The Morgan fingerprint density at radius 2 is 2.11 bits per heavy atom. The van der Waals surface area contributed by atoms with Crippen LogP contribution in [0.5, 0.6) is 5.75 Å². The zero-order valence-electron chi connectivity index (χ0n) is 10.4. The van der Waals surface area contributed by atoms with Crippen LogP contribution in [0, 0.1) is 6.92 Å². The summed E-state index contributed by atoms with van der Waals surface area (Å²) in [6, 6.07) is 9.55. The molecule has 0 saturated heterocycles. The number of pyridine rings is 1.